The Labute approximate surface area is 79.6 Å². The Morgan fingerprint density at radius 2 is 2.00 bits per heavy atom. The molecule has 0 bridgehead atoms. The lowest BCUT2D eigenvalue weighted by atomic mass is 10.1. The van der Waals surface area contributed by atoms with Gasteiger partial charge in [0.25, 0.3) is 0 Å². The monoisotopic (exact) mass is 203 g/mol. The van der Waals surface area contributed by atoms with Crippen molar-refractivity contribution < 1.29 is 22.8 Å². The van der Waals surface area contributed by atoms with Gasteiger partial charge in [0.15, 0.2) is 0 Å². The van der Waals surface area contributed by atoms with Gasteiger partial charge in [0, 0.05) is 0 Å². The maximum absolute atomic E-state index is 12.2. The van der Waals surface area contributed by atoms with Crippen molar-refractivity contribution in [2.75, 3.05) is 0 Å². The average molecular weight is 203 g/mol. The molecule has 0 saturated heterocycles. The summed E-state index contributed by atoms with van der Waals surface area (Å²) in [6, 6.07) is 3.01. The van der Waals surface area contributed by atoms with E-state index in [-0.39, 0.29) is 5.75 Å². The van der Waals surface area contributed by atoms with Gasteiger partial charge in [0.1, 0.15) is 5.75 Å². The van der Waals surface area contributed by atoms with Crippen molar-refractivity contribution in [2.45, 2.75) is 13.1 Å². The normalized spacial score (nSPS) is 11.2. The minimum atomic E-state index is -4.35. The first kappa shape index (κ1) is 10.9. The van der Waals surface area contributed by atoms with E-state index in [2.05, 4.69) is 4.65 Å². The van der Waals surface area contributed by atoms with Gasteiger partial charge in [-0.15, -0.1) is 0 Å². The second-order valence-electron chi connectivity index (χ2n) is 2.70. The van der Waals surface area contributed by atoms with Gasteiger partial charge in [-0.05, 0) is 30.7 Å². The van der Waals surface area contributed by atoms with Crippen molar-refractivity contribution in [1.29, 1.82) is 0 Å². The highest BCUT2D eigenvalue weighted by molar-refractivity contribution is 6.17. The molecule has 0 amide bonds. The largest absolute Gasteiger partial charge is 0.569 e. The summed E-state index contributed by atoms with van der Waals surface area (Å²) in [6.07, 6.45) is -4.35. The minimum absolute atomic E-state index is 0.195. The van der Waals surface area contributed by atoms with Crippen LogP contribution in [0, 0.1) is 6.92 Å². The lowest BCUT2D eigenvalue weighted by Crippen LogP contribution is -2.07. The van der Waals surface area contributed by atoms with Crippen molar-refractivity contribution in [2.24, 2.45) is 0 Å². The zero-order valence-electron chi connectivity index (χ0n) is 7.30. The molecule has 6 heteroatoms. The van der Waals surface area contributed by atoms with Crippen LogP contribution in [0.2, 0.25) is 0 Å². The van der Waals surface area contributed by atoms with Crippen molar-refractivity contribution in [3.8, 4) is 5.75 Å². The fourth-order valence-electron chi connectivity index (χ4n) is 1.01. The van der Waals surface area contributed by atoms with Crippen LogP contribution in [0.25, 0.3) is 0 Å². The van der Waals surface area contributed by atoms with Crippen LogP contribution in [-0.4, -0.2) is 12.7 Å². The zero-order chi connectivity index (χ0) is 10.8. The summed E-state index contributed by atoms with van der Waals surface area (Å²) < 4.78 is 41.1. The summed E-state index contributed by atoms with van der Waals surface area (Å²) in [4.78, 5) is 0. The van der Waals surface area contributed by atoms with Crippen LogP contribution in [0.1, 0.15) is 11.1 Å². The van der Waals surface area contributed by atoms with Gasteiger partial charge in [0.2, 0.25) is 0 Å². The van der Waals surface area contributed by atoms with Crippen LogP contribution >= 0.6 is 0 Å². The number of rotatable bonds is 2. The van der Waals surface area contributed by atoms with Crippen LogP contribution in [0.15, 0.2) is 18.2 Å². The first-order chi connectivity index (χ1) is 6.45. The maximum atomic E-state index is 12.2. The molecule has 0 heterocycles. The fraction of sp³-hybridized carbons (Fsp3) is 0.250. The molecule has 1 radical (unpaired) electrons. The number of benzene rings is 1. The van der Waals surface area contributed by atoms with Crippen molar-refractivity contribution in [3.05, 3.63) is 29.3 Å². The molecule has 0 unspecified atom stereocenters. The highest BCUT2D eigenvalue weighted by Gasteiger charge is 2.30. The lowest BCUT2D eigenvalue weighted by molar-refractivity contribution is -0.137. The molecule has 0 aliphatic heterocycles. The molecule has 2 nitrogen and oxygen atoms in total. The summed E-state index contributed by atoms with van der Waals surface area (Å²) in [5.74, 6) is 0.195. The van der Waals surface area contributed by atoms with Gasteiger partial charge in [-0.25, -0.2) is 0 Å². The summed E-state index contributed by atoms with van der Waals surface area (Å²) in [5, 5.41) is 8.30. The molecule has 0 atom stereocenters. The van der Waals surface area contributed by atoms with Gasteiger partial charge < -0.3 is 9.68 Å². The number of halogens is 3. The van der Waals surface area contributed by atoms with Crippen molar-refractivity contribution in [3.63, 3.8) is 0 Å². The van der Waals surface area contributed by atoms with E-state index < -0.39 is 11.7 Å². The molecule has 0 fully saturated rings. The lowest BCUT2D eigenvalue weighted by Gasteiger charge is -2.10. The van der Waals surface area contributed by atoms with Crippen LogP contribution in [0.3, 0.4) is 0 Å². The number of alkyl halides is 3. The molecule has 1 aromatic carbocycles. The van der Waals surface area contributed by atoms with E-state index >= 15 is 0 Å². The standard InChI is InChI=1S/C8H7BF3O2/c1-5-4-6(8(10,11)12)2-3-7(5)14-9-13/h2-4,13H,1H3. The number of hydrogen-bond acceptors (Lipinski definition) is 2. The van der Waals surface area contributed by atoms with E-state index in [1.807, 2.05) is 0 Å². The predicted octanol–water partition coefficient (Wildman–Crippen LogP) is 1.92. The van der Waals surface area contributed by atoms with E-state index in [1.54, 1.807) is 0 Å². The Bertz CT molecular complexity index is 325. The Morgan fingerprint density at radius 3 is 2.43 bits per heavy atom. The molecule has 1 N–H and O–H groups in total. The second-order valence-corrected chi connectivity index (χ2v) is 2.70. The van der Waals surface area contributed by atoms with Crippen LogP contribution < -0.4 is 4.65 Å². The van der Waals surface area contributed by atoms with Crippen LogP contribution in [0.5, 0.6) is 5.75 Å². The Kier molecular flexibility index (Phi) is 3.05. The molecular formula is C8H7BF3O2. The summed E-state index contributed by atoms with van der Waals surface area (Å²) in [6.45, 7) is 1.47. The van der Waals surface area contributed by atoms with E-state index in [4.69, 9.17) is 5.02 Å². The molecule has 0 spiro atoms. The van der Waals surface area contributed by atoms with Gasteiger partial charge in [-0.3, -0.25) is 0 Å². The Balaban J connectivity index is 3.01. The van der Waals surface area contributed by atoms with Crippen LogP contribution in [-0.2, 0) is 6.18 Å². The van der Waals surface area contributed by atoms with E-state index in [1.165, 1.54) is 6.92 Å². The molecule has 75 valence electrons. The molecule has 1 aromatic rings. The van der Waals surface area contributed by atoms with E-state index in [9.17, 15) is 13.2 Å². The van der Waals surface area contributed by atoms with Gasteiger partial charge in [0.05, 0.1) is 5.56 Å². The quantitative estimate of drug-likeness (QED) is 0.743. The molecule has 1 rings (SSSR count). The maximum Gasteiger partial charge on any atom is 0.569 e. The summed E-state index contributed by atoms with van der Waals surface area (Å²) in [5.41, 5.74) is -0.426. The smallest absolute Gasteiger partial charge is 0.537 e. The molecule has 14 heavy (non-hydrogen) atoms. The Hall–Kier alpha value is -1.17. The number of hydrogen-bond donors (Lipinski definition) is 1. The third kappa shape index (κ3) is 2.41. The van der Waals surface area contributed by atoms with Crippen LogP contribution in [0.4, 0.5) is 13.2 Å². The van der Waals surface area contributed by atoms with Crippen molar-refractivity contribution >= 4 is 7.69 Å². The minimum Gasteiger partial charge on any atom is -0.537 e. The number of aryl methyl sites for hydroxylation is 1. The second kappa shape index (κ2) is 3.92. The van der Waals surface area contributed by atoms with E-state index in [0.717, 1.165) is 18.2 Å². The average Bonchev–Trinajstić information content (AvgIpc) is 2.07. The zero-order valence-corrected chi connectivity index (χ0v) is 7.30. The van der Waals surface area contributed by atoms with Gasteiger partial charge >= 0.3 is 13.9 Å². The Morgan fingerprint density at radius 1 is 1.36 bits per heavy atom. The third-order valence-corrected chi connectivity index (χ3v) is 1.68. The predicted molar refractivity (Wildman–Crippen MR) is 44.8 cm³/mol. The molecule has 0 aromatic heterocycles. The first-order valence-corrected chi connectivity index (χ1v) is 3.75. The van der Waals surface area contributed by atoms with Crippen molar-refractivity contribution in [1.82, 2.24) is 0 Å². The highest BCUT2D eigenvalue weighted by atomic mass is 19.4. The third-order valence-electron chi connectivity index (χ3n) is 1.68. The summed E-state index contributed by atoms with van der Waals surface area (Å²) in [7, 11) is 0.426. The SMILES string of the molecule is Cc1cc(C(F)(F)F)ccc1O[B]O. The van der Waals surface area contributed by atoms with Gasteiger partial charge in [-0.1, -0.05) is 0 Å². The first-order valence-electron chi connectivity index (χ1n) is 3.75. The fourth-order valence-corrected chi connectivity index (χ4v) is 1.01. The molecule has 0 aliphatic carbocycles. The van der Waals surface area contributed by atoms with Gasteiger partial charge in [-0.2, -0.15) is 13.2 Å². The topological polar surface area (TPSA) is 29.5 Å². The highest BCUT2D eigenvalue weighted by Crippen LogP contribution is 2.32. The molecule has 0 saturated carbocycles. The van der Waals surface area contributed by atoms with E-state index in [0.29, 0.717) is 13.2 Å². The summed E-state index contributed by atoms with van der Waals surface area (Å²) >= 11 is 0. The molecular weight excluding hydrogens is 196 g/mol. The molecule has 0 aliphatic rings.